The fourth-order valence-corrected chi connectivity index (χ4v) is 3.06. The lowest BCUT2D eigenvalue weighted by molar-refractivity contribution is -0.148. The fraction of sp³-hybridized carbons (Fsp3) is 0.800. The molecule has 22 heavy (non-hydrogen) atoms. The van der Waals surface area contributed by atoms with Gasteiger partial charge >= 0.3 is 0 Å². The van der Waals surface area contributed by atoms with Crippen molar-refractivity contribution in [2.75, 3.05) is 26.4 Å². The predicted octanol–water partition coefficient (Wildman–Crippen LogP) is 1.63. The number of rotatable bonds is 4. The van der Waals surface area contributed by atoms with Crippen LogP contribution in [0.4, 0.5) is 0 Å². The van der Waals surface area contributed by atoms with Gasteiger partial charge in [-0.1, -0.05) is 19.3 Å². The zero-order valence-corrected chi connectivity index (χ0v) is 13.0. The number of amides is 1. The van der Waals surface area contributed by atoms with E-state index in [1.807, 2.05) is 0 Å². The number of aromatic nitrogens is 2. The van der Waals surface area contributed by atoms with Gasteiger partial charge in [0.2, 0.25) is 17.7 Å². The Hall–Kier alpha value is -1.47. The Morgan fingerprint density at radius 3 is 2.86 bits per heavy atom. The fourth-order valence-electron chi connectivity index (χ4n) is 3.06. The molecule has 1 aliphatic carbocycles. The zero-order chi connectivity index (χ0) is 15.4. The zero-order valence-electron chi connectivity index (χ0n) is 13.0. The van der Waals surface area contributed by atoms with E-state index in [4.69, 9.17) is 13.9 Å². The number of nitrogens with zero attached hydrogens (tertiary/aromatic N) is 3. The molecule has 1 amide bonds. The molecule has 7 nitrogen and oxygen atoms in total. The second kappa shape index (κ2) is 7.19. The maximum atomic E-state index is 12.5. The Kier molecular flexibility index (Phi) is 5.04. The molecule has 3 rings (SSSR count). The Labute approximate surface area is 130 Å². The lowest BCUT2D eigenvalue weighted by Crippen LogP contribution is -2.45. The molecule has 0 N–H and O–H groups in total. The van der Waals surface area contributed by atoms with Crippen LogP contribution in [-0.2, 0) is 14.3 Å². The minimum atomic E-state index is -0.308. The molecule has 2 heterocycles. The molecule has 1 saturated heterocycles. The van der Waals surface area contributed by atoms with Crippen molar-refractivity contribution in [3.8, 4) is 0 Å². The maximum Gasteiger partial charge on any atom is 0.249 e. The largest absolute Gasteiger partial charge is 0.423 e. The van der Waals surface area contributed by atoms with Crippen LogP contribution in [0.1, 0.15) is 49.9 Å². The monoisotopic (exact) mass is 309 g/mol. The summed E-state index contributed by atoms with van der Waals surface area (Å²) in [6, 6.07) is -0.308. The first kappa shape index (κ1) is 15.4. The van der Waals surface area contributed by atoms with Gasteiger partial charge in [0.05, 0.1) is 19.3 Å². The minimum Gasteiger partial charge on any atom is -0.423 e. The number of hydrogen-bond donors (Lipinski definition) is 0. The predicted molar refractivity (Wildman–Crippen MR) is 77.1 cm³/mol. The van der Waals surface area contributed by atoms with Crippen molar-refractivity contribution < 1.29 is 18.7 Å². The topological polar surface area (TPSA) is 77.7 Å². The van der Waals surface area contributed by atoms with Crippen LogP contribution in [0.5, 0.6) is 0 Å². The summed E-state index contributed by atoms with van der Waals surface area (Å²) in [5, 5.41) is 7.85. The molecule has 0 radical (unpaired) electrons. The van der Waals surface area contributed by atoms with E-state index in [1.54, 1.807) is 11.8 Å². The Balaban J connectivity index is 1.58. The molecule has 1 aliphatic heterocycles. The highest BCUT2D eigenvalue weighted by Gasteiger charge is 2.32. The number of hydrogen-bond acceptors (Lipinski definition) is 6. The van der Waals surface area contributed by atoms with Crippen LogP contribution in [0.15, 0.2) is 4.42 Å². The number of carbonyl (C=O) groups excluding carboxylic acids is 1. The summed E-state index contributed by atoms with van der Waals surface area (Å²) in [5.41, 5.74) is 0. The van der Waals surface area contributed by atoms with Gasteiger partial charge in [-0.2, -0.15) is 0 Å². The molecule has 0 bridgehead atoms. The molecule has 122 valence electrons. The summed E-state index contributed by atoms with van der Waals surface area (Å²) in [7, 11) is 0. The second-order valence-corrected chi connectivity index (χ2v) is 5.91. The third-order valence-corrected chi connectivity index (χ3v) is 4.27. The van der Waals surface area contributed by atoms with Gasteiger partial charge in [0.25, 0.3) is 0 Å². The number of carbonyl (C=O) groups is 1. The minimum absolute atomic E-state index is 0.0327. The van der Waals surface area contributed by atoms with E-state index in [9.17, 15) is 4.79 Å². The van der Waals surface area contributed by atoms with E-state index >= 15 is 0 Å². The Morgan fingerprint density at radius 1 is 1.32 bits per heavy atom. The lowest BCUT2D eigenvalue weighted by Gasteiger charge is -2.34. The van der Waals surface area contributed by atoms with E-state index in [-0.39, 0.29) is 24.7 Å². The van der Waals surface area contributed by atoms with Gasteiger partial charge in [-0.3, -0.25) is 4.79 Å². The average molecular weight is 309 g/mol. The molecule has 1 aromatic heterocycles. The molecule has 1 atom stereocenters. The van der Waals surface area contributed by atoms with Crippen molar-refractivity contribution in [2.45, 2.75) is 51.2 Å². The summed E-state index contributed by atoms with van der Waals surface area (Å²) in [6.45, 7) is 3.29. The summed E-state index contributed by atoms with van der Waals surface area (Å²) in [4.78, 5) is 14.2. The summed E-state index contributed by atoms with van der Waals surface area (Å²) >= 11 is 0. The van der Waals surface area contributed by atoms with Crippen LogP contribution in [-0.4, -0.2) is 53.5 Å². The van der Waals surface area contributed by atoms with Gasteiger partial charge in [-0.25, -0.2) is 0 Å². The highest BCUT2D eigenvalue weighted by molar-refractivity contribution is 5.78. The molecule has 0 spiro atoms. The summed E-state index contributed by atoms with van der Waals surface area (Å²) < 4.78 is 16.7. The molecule has 0 aromatic carbocycles. The van der Waals surface area contributed by atoms with Gasteiger partial charge < -0.3 is 18.8 Å². The molecule has 1 saturated carbocycles. The molecule has 1 aromatic rings. The van der Waals surface area contributed by atoms with Crippen molar-refractivity contribution in [1.29, 1.82) is 0 Å². The average Bonchev–Trinajstić information content (AvgIpc) is 3.00. The van der Waals surface area contributed by atoms with E-state index in [0.29, 0.717) is 31.5 Å². The standard InChI is InChI=1S/C15H23N3O4/c1-11-16-17-15(22-11)13-9-20-8-7-18(13)14(19)10-21-12-5-3-2-4-6-12/h12-13H,2-10H2,1H3. The van der Waals surface area contributed by atoms with Crippen molar-refractivity contribution >= 4 is 5.91 Å². The smallest absolute Gasteiger partial charge is 0.249 e. The first-order chi connectivity index (χ1) is 10.7. The van der Waals surface area contributed by atoms with Crippen LogP contribution in [0.2, 0.25) is 0 Å². The van der Waals surface area contributed by atoms with Gasteiger partial charge in [-0.05, 0) is 12.8 Å². The van der Waals surface area contributed by atoms with Gasteiger partial charge in [-0.15, -0.1) is 10.2 Å². The lowest BCUT2D eigenvalue weighted by atomic mass is 9.98. The Morgan fingerprint density at radius 2 is 2.14 bits per heavy atom. The van der Waals surface area contributed by atoms with E-state index < -0.39 is 0 Å². The first-order valence-corrected chi connectivity index (χ1v) is 8.03. The summed E-state index contributed by atoms with van der Waals surface area (Å²) in [6.07, 6.45) is 6.00. The number of aryl methyl sites for hydroxylation is 1. The van der Waals surface area contributed by atoms with Gasteiger partial charge in [0.1, 0.15) is 12.6 Å². The third-order valence-electron chi connectivity index (χ3n) is 4.27. The van der Waals surface area contributed by atoms with E-state index in [0.717, 1.165) is 12.8 Å². The molecular formula is C15H23N3O4. The van der Waals surface area contributed by atoms with Crippen LogP contribution in [0.25, 0.3) is 0 Å². The molecule has 2 aliphatic rings. The van der Waals surface area contributed by atoms with Crippen molar-refractivity contribution in [2.24, 2.45) is 0 Å². The van der Waals surface area contributed by atoms with Crippen molar-refractivity contribution in [1.82, 2.24) is 15.1 Å². The maximum absolute atomic E-state index is 12.5. The van der Waals surface area contributed by atoms with Crippen LogP contribution >= 0.6 is 0 Å². The SMILES string of the molecule is Cc1nnc(C2COCCN2C(=O)COC2CCCCC2)o1. The molecular weight excluding hydrogens is 286 g/mol. The van der Waals surface area contributed by atoms with Gasteiger partial charge in [0.15, 0.2) is 0 Å². The normalized spacial score (nSPS) is 23.7. The van der Waals surface area contributed by atoms with Crippen LogP contribution in [0.3, 0.4) is 0 Å². The van der Waals surface area contributed by atoms with E-state index in [1.165, 1.54) is 19.3 Å². The third kappa shape index (κ3) is 3.64. The van der Waals surface area contributed by atoms with Crippen LogP contribution in [0, 0.1) is 6.92 Å². The number of ether oxygens (including phenoxy) is 2. The van der Waals surface area contributed by atoms with Crippen molar-refractivity contribution in [3.05, 3.63) is 11.8 Å². The van der Waals surface area contributed by atoms with Gasteiger partial charge in [0, 0.05) is 13.5 Å². The molecule has 7 heteroatoms. The molecule has 1 unspecified atom stereocenters. The van der Waals surface area contributed by atoms with Crippen molar-refractivity contribution in [3.63, 3.8) is 0 Å². The second-order valence-electron chi connectivity index (χ2n) is 5.91. The van der Waals surface area contributed by atoms with E-state index in [2.05, 4.69) is 10.2 Å². The summed E-state index contributed by atoms with van der Waals surface area (Å²) in [5.74, 6) is 0.893. The quantitative estimate of drug-likeness (QED) is 0.841. The first-order valence-electron chi connectivity index (χ1n) is 8.03. The molecule has 2 fully saturated rings. The highest BCUT2D eigenvalue weighted by Crippen LogP contribution is 2.24. The van der Waals surface area contributed by atoms with Crippen LogP contribution < -0.4 is 0 Å². The Bertz CT molecular complexity index is 499. The highest BCUT2D eigenvalue weighted by atomic mass is 16.5. The number of morpholine rings is 1.